The second-order valence-corrected chi connectivity index (χ2v) is 6.33. The number of benzene rings is 1. The number of aliphatic hydroxyl groups is 1. The van der Waals surface area contributed by atoms with E-state index in [0.717, 1.165) is 25.4 Å². The van der Waals surface area contributed by atoms with Gasteiger partial charge in [-0.3, -0.25) is 0 Å². The summed E-state index contributed by atoms with van der Waals surface area (Å²) in [5.74, 6) is 2.39. The fourth-order valence-corrected chi connectivity index (χ4v) is 3.80. The zero-order valence-corrected chi connectivity index (χ0v) is 15.4. The van der Waals surface area contributed by atoms with Crippen LogP contribution in [0.4, 0.5) is 0 Å². The molecule has 1 aliphatic carbocycles. The Bertz CT molecular complexity index is 418. The summed E-state index contributed by atoms with van der Waals surface area (Å²) in [5, 5.41) is 18.8. The maximum Gasteiger partial charge on any atom is 0.154 e. The van der Waals surface area contributed by atoms with Crippen LogP contribution in [0.2, 0.25) is 0 Å². The van der Waals surface area contributed by atoms with Crippen molar-refractivity contribution in [2.24, 2.45) is 11.8 Å². The van der Waals surface area contributed by atoms with Crippen molar-refractivity contribution in [3.05, 3.63) is 29.8 Å². The molecule has 1 heterocycles. The number of phenols is 1. The first-order valence-electron chi connectivity index (χ1n) is 8.19. The van der Waals surface area contributed by atoms with Crippen molar-refractivity contribution in [3.8, 4) is 5.75 Å². The van der Waals surface area contributed by atoms with Crippen LogP contribution in [0.25, 0.3) is 0 Å². The smallest absolute Gasteiger partial charge is 0.154 e. The Morgan fingerprint density at radius 2 is 1.50 bits per heavy atom. The zero-order chi connectivity index (χ0) is 15.9. The minimum atomic E-state index is -0.528. The number of ether oxygens (including phenoxy) is 1. The van der Waals surface area contributed by atoms with Gasteiger partial charge < -0.3 is 14.9 Å². The summed E-state index contributed by atoms with van der Waals surface area (Å²) in [4.78, 5) is 1.97. The van der Waals surface area contributed by atoms with Gasteiger partial charge in [0.15, 0.2) is 6.29 Å². The molecule has 1 aromatic carbocycles. The summed E-state index contributed by atoms with van der Waals surface area (Å²) in [7, 11) is 0. The van der Waals surface area contributed by atoms with E-state index < -0.39 is 6.29 Å². The minimum Gasteiger partial charge on any atom is -0.508 e. The highest BCUT2D eigenvalue weighted by atomic mass is 127. The van der Waals surface area contributed by atoms with Gasteiger partial charge in [-0.05, 0) is 78.9 Å². The van der Waals surface area contributed by atoms with Gasteiger partial charge in [-0.2, -0.15) is 0 Å². The fourth-order valence-electron chi connectivity index (χ4n) is 3.80. The van der Waals surface area contributed by atoms with Crippen molar-refractivity contribution in [2.75, 3.05) is 11.5 Å². The van der Waals surface area contributed by atoms with E-state index in [0.29, 0.717) is 17.6 Å². The maximum atomic E-state index is 9.40. The maximum absolute atomic E-state index is 9.40. The Morgan fingerprint density at radius 1 is 0.909 bits per heavy atom. The molecule has 1 saturated carbocycles. The molecule has 2 N–H and O–H groups in total. The van der Waals surface area contributed by atoms with Crippen LogP contribution in [0.1, 0.15) is 50.0 Å². The quantitative estimate of drug-likeness (QED) is 0.551. The molecule has 0 spiro atoms. The summed E-state index contributed by atoms with van der Waals surface area (Å²) in [5.41, 5.74) is 1.36. The number of hydrogen-bond donors (Lipinski definition) is 2. The number of alkyl halides is 1. The molecule has 2 aliphatic rings. The Labute approximate surface area is 147 Å². The van der Waals surface area contributed by atoms with E-state index in [1.54, 1.807) is 12.1 Å². The predicted octanol–water partition coefficient (Wildman–Crippen LogP) is 4.46. The Morgan fingerprint density at radius 3 is 2.05 bits per heavy atom. The lowest BCUT2D eigenvalue weighted by Gasteiger charge is -2.36. The van der Waals surface area contributed by atoms with Crippen LogP contribution in [0.15, 0.2) is 24.3 Å². The zero-order valence-electron chi connectivity index (χ0n) is 13.2. The van der Waals surface area contributed by atoms with Gasteiger partial charge in [-0.25, -0.2) is 0 Å². The molecule has 22 heavy (non-hydrogen) atoms. The van der Waals surface area contributed by atoms with E-state index in [9.17, 15) is 10.2 Å². The molecule has 1 aromatic rings. The molecule has 2 unspecified atom stereocenters. The normalized spacial score (nSPS) is 32.0. The van der Waals surface area contributed by atoms with Gasteiger partial charge in [0.05, 0.1) is 6.61 Å². The molecular weight excluding hydrogens is 391 g/mol. The highest BCUT2D eigenvalue weighted by Crippen LogP contribution is 2.41. The minimum absolute atomic E-state index is 0.348. The predicted molar refractivity (Wildman–Crippen MR) is 97.4 cm³/mol. The van der Waals surface area contributed by atoms with Gasteiger partial charge in [0.25, 0.3) is 0 Å². The van der Waals surface area contributed by atoms with Crippen molar-refractivity contribution in [2.45, 2.75) is 50.7 Å². The van der Waals surface area contributed by atoms with Gasteiger partial charge in [0.2, 0.25) is 0 Å². The molecule has 1 aliphatic heterocycles. The number of rotatable bonds is 2. The summed E-state index contributed by atoms with van der Waals surface area (Å²) >= 11 is 2.15. The van der Waals surface area contributed by atoms with E-state index >= 15 is 0 Å². The molecule has 0 radical (unpaired) electrons. The number of hydrogen-bond acceptors (Lipinski definition) is 3. The first kappa shape index (κ1) is 18.0. The molecule has 1 saturated heterocycles. The van der Waals surface area contributed by atoms with Crippen molar-refractivity contribution in [3.63, 3.8) is 0 Å². The van der Waals surface area contributed by atoms with Crippen LogP contribution in [0.5, 0.6) is 5.75 Å². The van der Waals surface area contributed by atoms with Crippen molar-refractivity contribution in [1.29, 1.82) is 0 Å². The second-order valence-electron chi connectivity index (χ2n) is 6.33. The van der Waals surface area contributed by atoms with Gasteiger partial charge in [0, 0.05) is 0 Å². The molecule has 3 nitrogen and oxygen atoms in total. The molecule has 124 valence electrons. The van der Waals surface area contributed by atoms with E-state index in [1.807, 2.05) is 4.93 Å². The topological polar surface area (TPSA) is 49.7 Å². The third-order valence-electron chi connectivity index (χ3n) is 5.09. The van der Waals surface area contributed by atoms with Crippen molar-refractivity contribution < 1.29 is 14.9 Å². The van der Waals surface area contributed by atoms with Crippen LogP contribution in [-0.4, -0.2) is 28.0 Å². The molecule has 0 amide bonds. The first-order chi connectivity index (χ1) is 10.7. The summed E-state index contributed by atoms with van der Waals surface area (Å²) in [6, 6.07) is 7.69. The number of aromatic hydroxyl groups is 1. The van der Waals surface area contributed by atoms with Crippen LogP contribution in [0, 0.1) is 11.8 Å². The van der Waals surface area contributed by atoms with Crippen LogP contribution in [0.3, 0.4) is 0 Å². The fraction of sp³-hybridized carbons (Fsp3) is 0.667. The van der Waals surface area contributed by atoms with E-state index in [-0.39, 0.29) is 0 Å². The largest absolute Gasteiger partial charge is 0.508 e. The van der Waals surface area contributed by atoms with E-state index in [4.69, 9.17) is 4.74 Å². The van der Waals surface area contributed by atoms with Gasteiger partial charge >= 0.3 is 0 Å². The van der Waals surface area contributed by atoms with E-state index in [1.165, 1.54) is 31.2 Å². The monoisotopic (exact) mass is 418 g/mol. The molecule has 0 bridgehead atoms. The lowest BCUT2D eigenvalue weighted by Crippen LogP contribution is -2.32. The molecule has 3 rings (SSSR count). The lowest BCUT2D eigenvalue weighted by molar-refractivity contribution is -0.148. The van der Waals surface area contributed by atoms with Gasteiger partial charge in [-0.15, -0.1) is 0 Å². The van der Waals surface area contributed by atoms with Crippen LogP contribution < -0.4 is 0 Å². The second kappa shape index (κ2) is 9.08. The lowest BCUT2D eigenvalue weighted by atomic mass is 9.72. The third-order valence-corrected chi connectivity index (χ3v) is 5.09. The summed E-state index contributed by atoms with van der Waals surface area (Å²) in [6.07, 6.45) is 6.35. The highest BCUT2D eigenvalue weighted by Gasteiger charge is 2.31. The van der Waals surface area contributed by atoms with Gasteiger partial charge in [-0.1, -0.05) is 34.7 Å². The Balaban J connectivity index is 0.000000847. The molecule has 4 heteroatoms. The summed E-state index contributed by atoms with van der Waals surface area (Å²) < 4.78 is 5.40. The van der Waals surface area contributed by atoms with Crippen molar-refractivity contribution >= 4 is 22.6 Å². The van der Waals surface area contributed by atoms with Crippen LogP contribution in [-0.2, 0) is 4.74 Å². The molecule has 2 atom stereocenters. The van der Waals surface area contributed by atoms with E-state index in [2.05, 4.69) is 34.7 Å². The van der Waals surface area contributed by atoms with Crippen LogP contribution >= 0.6 is 22.6 Å². The number of phenolic OH excluding ortho intramolecular Hbond substituents is 1. The molecule has 0 aromatic heterocycles. The van der Waals surface area contributed by atoms with Crippen molar-refractivity contribution in [1.82, 2.24) is 0 Å². The SMILES string of the molecule is CI.Oc1ccc(C2CCC(C3CCC(O)OC3)CC2)cc1. The highest BCUT2D eigenvalue weighted by molar-refractivity contribution is 14.1. The number of aliphatic hydroxyl groups excluding tert-OH is 1. The standard InChI is InChI=1S/C17H24O3.CH3I/c18-16-8-5-13(6-9-16)12-1-3-14(4-2-12)15-7-10-17(19)20-11-15;1-2/h5-6,8-9,12,14-15,17-19H,1-4,7,10-11H2;1H3. The average Bonchev–Trinajstić information content (AvgIpc) is 2.58. The Kier molecular flexibility index (Phi) is 7.44. The Hall–Kier alpha value is -0.330. The third kappa shape index (κ3) is 4.83. The average molecular weight is 418 g/mol. The van der Waals surface area contributed by atoms with Gasteiger partial charge in [0.1, 0.15) is 5.75 Å². The molecule has 2 fully saturated rings. The summed E-state index contributed by atoms with van der Waals surface area (Å²) in [6.45, 7) is 0.732. The number of halogens is 1. The molecular formula is C18H27IO3. The first-order valence-corrected chi connectivity index (χ1v) is 10.3.